The van der Waals surface area contributed by atoms with Crippen molar-refractivity contribution in [2.75, 3.05) is 6.54 Å². The van der Waals surface area contributed by atoms with Crippen LogP contribution in [0.25, 0.3) is 0 Å². The Balaban J connectivity index is 2.57. The summed E-state index contributed by atoms with van der Waals surface area (Å²) in [6.45, 7) is 8.92. The van der Waals surface area contributed by atoms with Gasteiger partial charge >= 0.3 is 5.97 Å². The minimum absolute atomic E-state index is 0.0911. The number of carboxylic acids is 1. The van der Waals surface area contributed by atoms with Crippen LogP contribution in [0.2, 0.25) is 0 Å². The van der Waals surface area contributed by atoms with Crippen LogP contribution in [-0.4, -0.2) is 34.2 Å². The molecule has 1 saturated carbocycles. The second-order valence-electron chi connectivity index (χ2n) is 6.17. The zero-order valence-electron chi connectivity index (χ0n) is 11.0. The van der Waals surface area contributed by atoms with Crippen molar-refractivity contribution in [3.63, 3.8) is 0 Å². The number of aliphatic carboxylic acids is 1. The first-order chi connectivity index (χ1) is 7.44. The van der Waals surface area contributed by atoms with E-state index in [1.165, 1.54) is 6.92 Å². The van der Waals surface area contributed by atoms with Crippen molar-refractivity contribution in [1.29, 1.82) is 0 Å². The van der Waals surface area contributed by atoms with Crippen molar-refractivity contribution < 1.29 is 19.8 Å². The van der Waals surface area contributed by atoms with Crippen LogP contribution in [0.3, 0.4) is 0 Å². The molecule has 1 atom stereocenters. The van der Waals surface area contributed by atoms with Crippen molar-refractivity contribution in [3.05, 3.63) is 0 Å². The van der Waals surface area contributed by atoms with Gasteiger partial charge in [-0.2, -0.15) is 0 Å². The lowest BCUT2D eigenvalue weighted by molar-refractivity contribution is -0.156. The number of carboxylic acid groups (broad SMARTS) is 1. The molecule has 0 aliphatic heterocycles. The Morgan fingerprint density at radius 3 is 1.94 bits per heavy atom. The van der Waals surface area contributed by atoms with Gasteiger partial charge in [0.15, 0.2) is 5.60 Å². The summed E-state index contributed by atoms with van der Waals surface area (Å²) in [4.78, 5) is 22.6. The highest BCUT2D eigenvalue weighted by Crippen LogP contribution is 2.68. The third kappa shape index (κ3) is 2.16. The van der Waals surface area contributed by atoms with Gasteiger partial charge in [-0.15, -0.1) is 0 Å². The summed E-state index contributed by atoms with van der Waals surface area (Å²) in [5.74, 6) is -1.67. The number of amides is 1. The number of carbonyl (C=O) groups is 2. The van der Waals surface area contributed by atoms with Crippen LogP contribution in [0.5, 0.6) is 0 Å². The predicted octanol–water partition coefficient (Wildman–Crippen LogP) is 0.620. The summed E-state index contributed by atoms with van der Waals surface area (Å²) in [6.07, 6.45) is 0. The van der Waals surface area contributed by atoms with E-state index in [1.54, 1.807) is 0 Å². The van der Waals surface area contributed by atoms with Crippen molar-refractivity contribution in [2.45, 2.75) is 40.2 Å². The molecule has 0 heterocycles. The summed E-state index contributed by atoms with van der Waals surface area (Å²) in [5, 5.41) is 20.7. The summed E-state index contributed by atoms with van der Waals surface area (Å²) in [7, 11) is 0. The molecule has 5 nitrogen and oxygen atoms in total. The molecule has 1 amide bonds. The molecule has 1 rings (SSSR count). The van der Waals surface area contributed by atoms with Gasteiger partial charge in [0, 0.05) is 5.92 Å². The van der Waals surface area contributed by atoms with Gasteiger partial charge < -0.3 is 15.5 Å². The second kappa shape index (κ2) is 3.70. The summed E-state index contributed by atoms with van der Waals surface area (Å²) in [5.41, 5.74) is -2.10. The highest BCUT2D eigenvalue weighted by Gasteiger charge is 2.68. The smallest absolute Gasteiger partial charge is 0.337 e. The fourth-order valence-corrected chi connectivity index (χ4v) is 2.29. The van der Waals surface area contributed by atoms with Crippen molar-refractivity contribution >= 4 is 11.9 Å². The summed E-state index contributed by atoms with van der Waals surface area (Å²) >= 11 is 0. The number of nitrogens with one attached hydrogen (secondary N) is 1. The molecule has 5 heteroatoms. The Labute approximate surface area is 101 Å². The molecular weight excluding hydrogens is 222 g/mol. The highest BCUT2D eigenvalue weighted by molar-refractivity contribution is 5.85. The normalized spacial score (nSPS) is 24.8. The zero-order chi connectivity index (χ0) is 13.6. The Morgan fingerprint density at radius 1 is 1.24 bits per heavy atom. The maximum atomic E-state index is 11.9. The van der Waals surface area contributed by atoms with Crippen LogP contribution < -0.4 is 5.32 Å². The average Bonchev–Trinajstić information content (AvgIpc) is 2.54. The molecular formula is C12H21NO4. The summed E-state index contributed by atoms with van der Waals surface area (Å²) < 4.78 is 0. The number of hydrogen-bond acceptors (Lipinski definition) is 3. The number of carbonyl (C=O) groups excluding carboxylic acids is 1. The largest absolute Gasteiger partial charge is 0.479 e. The van der Waals surface area contributed by atoms with Crippen LogP contribution in [0.4, 0.5) is 0 Å². The van der Waals surface area contributed by atoms with E-state index < -0.39 is 11.6 Å². The van der Waals surface area contributed by atoms with Crippen LogP contribution in [0.15, 0.2) is 0 Å². The first-order valence-electron chi connectivity index (χ1n) is 5.68. The van der Waals surface area contributed by atoms with E-state index in [1.807, 2.05) is 27.7 Å². The van der Waals surface area contributed by atoms with Gasteiger partial charge in [0.05, 0.1) is 6.54 Å². The lowest BCUT2D eigenvalue weighted by atomic mass is 10.0. The SMILES string of the molecule is CC(O)(CNC(=O)C1C(C)(C)C1(C)C)C(=O)O. The molecule has 0 saturated heterocycles. The second-order valence-corrected chi connectivity index (χ2v) is 6.17. The lowest BCUT2D eigenvalue weighted by Gasteiger charge is -2.18. The fourth-order valence-electron chi connectivity index (χ4n) is 2.29. The molecule has 0 bridgehead atoms. The standard InChI is InChI=1S/C12H21NO4/c1-10(2)7(11(10,3)4)8(14)13-6-12(5,17)9(15)16/h7,17H,6H2,1-5H3,(H,13,14)(H,15,16). The quantitative estimate of drug-likeness (QED) is 0.675. The molecule has 0 aromatic rings. The third-order valence-corrected chi connectivity index (χ3v) is 4.35. The molecule has 1 unspecified atom stereocenters. The molecule has 0 aromatic heterocycles. The van der Waals surface area contributed by atoms with E-state index in [4.69, 9.17) is 5.11 Å². The predicted molar refractivity (Wildman–Crippen MR) is 62.3 cm³/mol. The van der Waals surface area contributed by atoms with Crippen LogP contribution in [-0.2, 0) is 9.59 Å². The molecule has 1 fully saturated rings. The third-order valence-electron chi connectivity index (χ3n) is 4.35. The molecule has 3 N–H and O–H groups in total. The van der Waals surface area contributed by atoms with Gasteiger partial charge in [-0.3, -0.25) is 4.79 Å². The Bertz CT molecular complexity index is 344. The molecule has 98 valence electrons. The maximum absolute atomic E-state index is 11.9. The van der Waals surface area contributed by atoms with Crippen molar-refractivity contribution in [2.24, 2.45) is 16.7 Å². The molecule has 17 heavy (non-hydrogen) atoms. The van der Waals surface area contributed by atoms with E-state index in [9.17, 15) is 14.7 Å². The van der Waals surface area contributed by atoms with Crippen LogP contribution in [0, 0.1) is 16.7 Å². The van der Waals surface area contributed by atoms with Crippen LogP contribution in [0.1, 0.15) is 34.6 Å². The minimum atomic E-state index is -1.92. The average molecular weight is 243 g/mol. The van der Waals surface area contributed by atoms with E-state index in [0.29, 0.717) is 0 Å². The first kappa shape index (κ1) is 14.0. The van der Waals surface area contributed by atoms with E-state index in [2.05, 4.69) is 5.32 Å². The Morgan fingerprint density at radius 2 is 1.65 bits per heavy atom. The van der Waals surface area contributed by atoms with Gasteiger partial charge in [-0.05, 0) is 17.8 Å². The fraction of sp³-hybridized carbons (Fsp3) is 0.833. The van der Waals surface area contributed by atoms with Gasteiger partial charge in [-0.25, -0.2) is 4.79 Å². The highest BCUT2D eigenvalue weighted by atomic mass is 16.4. The number of hydrogen-bond donors (Lipinski definition) is 3. The lowest BCUT2D eigenvalue weighted by Crippen LogP contribution is -2.47. The minimum Gasteiger partial charge on any atom is -0.479 e. The van der Waals surface area contributed by atoms with Crippen LogP contribution >= 0.6 is 0 Å². The van der Waals surface area contributed by atoms with Gasteiger partial charge in [0.2, 0.25) is 5.91 Å². The maximum Gasteiger partial charge on any atom is 0.337 e. The topological polar surface area (TPSA) is 86.6 Å². The molecule has 0 aromatic carbocycles. The van der Waals surface area contributed by atoms with E-state index in [0.717, 1.165) is 0 Å². The van der Waals surface area contributed by atoms with Crippen molar-refractivity contribution in [1.82, 2.24) is 5.32 Å². The number of rotatable bonds is 4. The number of aliphatic hydroxyl groups is 1. The first-order valence-corrected chi connectivity index (χ1v) is 5.68. The molecule has 1 aliphatic rings. The van der Waals surface area contributed by atoms with Gasteiger partial charge in [0.1, 0.15) is 0 Å². The molecule has 0 radical (unpaired) electrons. The molecule has 0 spiro atoms. The Hall–Kier alpha value is -1.10. The Kier molecular flexibility index (Phi) is 3.04. The van der Waals surface area contributed by atoms with E-state index in [-0.39, 0.29) is 29.2 Å². The zero-order valence-corrected chi connectivity index (χ0v) is 11.0. The molecule has 1 aliphatic carbocycles. The van der Waals surface area contributed by atoms with Gasteiger partial charge in [0.25, 0.3) is 0 Å². The summed E-state index contributed by atoms with van der Waals surface area (Å²) in [6, 6.07) is 0. The van der Waals surface area contributed by atoms with E-state index >= 15 is 0 Å². The monoisotopic (exact) mass is 243 g/mol. The van der Waals surface area contributed by atoms with Gasteiger partial charge in [-0.1, -0.05) is 27.7 Å². The van der Waals surface area contributed by atoms with Crippen molar-refractivity contribution in [3.8, 4) is 0 Å².